The first-order valence-corrected chi connectivity index (χ1v) is 6.94. The molecule has 0 saturated carbocycles. The Balaban J connectivity index is 2.01. The van der Waals surface area contributed by atoms with Crippen LogP contribution in [-0.4, -0.2) is 10.9 Å². The predicted octanol–water partition coefficient (Wildman–Crippen LogP) is 4.26. The fourth-order valence-electron chi connectivity index (χ4n) is 2.30. The molecule has 0 aliphatic heterocycles. The van der Waals surface area contributed by atoms with Gasteiger partial charge in [0.05, 0.1) is 0 Å². The van der Waals surface area contributed by atoms with E-state index < -0.39 is 0 Å². The Morgan fingerprint density at radius 2 is 1.95 bits per heavy atom. The molecule has 0 bridgehead atoms. The Bertz CT molecular complexity index is 507. The van der Waals surface area contributed by atoms with Crippen molar-refractivity contribution in [3.8, 4) is 5.75 Å². The Morgan fingerprint density at radius 3 is 2.63 bits per heavy atom. The van der Waals surface area contributed by atoms with Crippen molar-refractivity contribution in [3.05, 3.63) is 47.1 Å². The lowest BCUT2D eigenvalue weighted by molar-refractivity contribution is -0.112. The average Bonchev–Trinajstić information content (AvgIpc) is 2.75. The Morgan fingerprint density at radius 1 is 1.21 bits per heavy atom. The molecule has 0 saturated heterocycles. The van der Waals surface area contributed by atoms with Gasteiger partial charge in [0.25, 0.3) is 0 Å². The number of phenols is 1. The van der Waals surface area contributed by atoms with Crippen LogP contribution >= 0.6 is 0 Å². The van der Waals surface area contributed by atoms with E-state index in [2.05, 4.69) is 13.0 Å². The van der Waals surface area contributed by atoms with Gasteiger partial charge in [-0.2, -0.15) is 0 Å². The van der Waals surface area contributed by atoms with E-state index in [-0.39, 0.29) is 11.5 Å². The van der Waals surface area contributed by atoms with E-state index in [9.17, 15) is 9.90 Å². The Labute approximate surface area is 114 Å². The monoisotopic (exact) mass is 256 g/mol. The van der Waals surface area contributed by atoms with E-state index in [1.54, 1.807) is 12.1 Å². The number of hydrogen-bond acceptors (Lipinski definition) is 2. The van der Waals surface area contributed by atoms with Gasteiger partial charge in [-0.1, -0.05) is 38.0 Å². The van der Waals surface area contributed by atoms with Gasteiger partial charge in [-0.15, -0.1) is 0 Å². The zero-order valence-electron chi connectivity index (χ0n) is 11.4. The molecule has 1 aliphatic rings. The van der Waals surface area contributed by atoms with E-state index in [1.165, 1.54) is 12.8 Å². The number of carbonyl (C=O) groups excluding carboxylic acids is 1. The maximum atomic E-state index is 12.2. The van der Waals surface area contributed by atoms with Gasteiger partial charge in [-0.05, 0) is 48.6 Å². The Hall–Kier alpha value is -1.83. The molecule has 19 heavy (non-hydrogen) atoms. The van der Waals surface area contributed by atoms with Crippen LogP contribution in [0.25, 0.3) is 6.08 Å². The molecule has 0 aromatic heterocycles. The highest BCUT2D eigenvalue weighted by Crippen LogP contribution is 2.26. The fraction of sp³-hybridized carbons (Fsp3) is 0.353. The summed E-state index contributed by atoms with van der Waals surface area (Å²) in [6, 6.07) is 6.93. The lowest BCUT2D eigenvalue weighted by Crippen LogP contribution is -1.99. The highest BCUT2D eigenvalue weighted by molar-refractivity contribution is 6.13. The molecule has 1 aromatic carbocycles. The smallest absolute Gasteiger partial charge is 0.185 e. The number of carbonyl (C=O) groups is 1. The molecule has 0 fully saturated rings. The average molecular weight is 256 g/mol. The minimum atomic E-state index is 0.198. The lowest BCUT2D eigenvalue weighted by atomic mass is 10.0. The van der Waals surface area contributed by atoms with Crippen LogP contribution in [0.5, 0.6) is 5.75 Å². The van der Waals surface area contributed by atoms with Gasteiger partial charge in [-0.3, -0.25) is 4.79 Å². The molecule has 0 spiro atoms. The second-order valence-electron chi connectivity index (χ2n) is 4.98. The summed E-state index contributed by atoms with van der Waals surface area (Å²) in [6.07, 6.45) is 9.08. The van der Waals surface area contributed by atoms with Crippen LogP contribution in [0.15, 0.2) is 41.5 Å². The standard InChI is InChI=1S/C17H20O2/c1-2-3-4-5-14-8-9-15(17(14)19)12-13-6-10-16(18)11-7-13/h6-8,10-12,18H,2-5,9H2,1H3/b15-12+. The number of hydrogen-bond donors (Lipinski definition) is 1. The number of Topliss-reactive ketones (excluding diaryl/α,β-unsaturated/α-hetero) is 1. The molecule has 0 atom stereocenters. The number of aromatic hydroxyl groups is 1. The highest BCUT2D eigenvalue weighted by atomic mass is 16.3. The number of ketones is 1. The number of unbranched alkanes of at least 4 members (excludes halogenated alkanes) is 2. The van der Waals surface area contributed by atoms with E-state index in [0.717, 1.165) is 36.0 Å². The maximum absolute atomic E-state index is 12.2. The fourth-order valence-corrected chi connectivity index (χ4v) is 2.30. The van der Waals surface area contributed by atoms with Crippen LogP contribution in [0, 0.1) is 0 Å². The van der Waals surface area contributed by atoms with Gasteiger partial charge < -0.3 is 5.11 Å². The van der Waals surface area contributed by atoms with Gasteiger partial charge >= 0.3 is 0 Å². The van der Waals surface area contributed by atoms with Gasteiger partial charge in [0.15, 0.2) is 5.78 Å². The molecule has 2 rings (SSSR count). The number of allylic oxidation sites excluding steroid dienone is 3. The van der Waals surface area contributed by atoms with Crippen molar-refractivity contribution in [2.24, 2.45) is 0 Å². The van der Waals surface area contributed by atoms with Crippen LogP contribution in [-0.2, 0) is 4.79 Å². The third-order valence-corrected chi connectivity index (χ3v) is 3.44. The van der Waals surface area contributed by atoms with Crippen molar-refractivity contribution in [2.45, 2.75) is 39.0 Å². The molecule has 100 valence electrons. The van der Waals surface area contributed by atoms with Gasteiger partial charge in [0.2, 0.25) is 0 Å². The molecular formula is C17H20O2. The summed E-state index contributed by atoms with van der Waals surface area (Å²) in [6.45, 7) is 2.17. The SMILES string of the molecule is CCCCCC1=CC/C(=C\c2ccc(O)cc2)C1=O. The van der Waals surface area contributed by atoms with Gasteiger partial charge in [0, 0.05) is 5.57 Å². The van der Waals surface area contributed by atoms with E-state index in [1.807, 2.05) is 18.2 Å². The van der Waals surface area contributed by atoms with Gasteiger partial charge in [0.1, 0.15) is 5.75 Å². The van der Waals surface area contributed by atoms with E-state index >= 15 is 0 Å². The molecular weight excluding hydrogens is 236 g/mol. The molecule has 1 aliphatic carbocycles. The number of benzene rings is 1. The van der Waals surface area contributed by atoms with E-state index in [4.69, 9.17) is 0 Å². The first-order chi connectivity index (χ1) is 9.20. The summed E-state index contributed by atoms with van der Waals surface area (Å²) in [5.74, 6) is 0.447. The quantitative estimate of drug-likeness (QED) is 0.631. The summed E-state index contributed by atoms with van der Waals surface area (Å²) in [7, 11) is 0. The zero-order chi connectivity index (χ0) is 13.7. The first-order valence-electron chi connectivity index (χ1n) is 6.94. The van der Waals surface area contributed by atoms with Crippen LogP contribution in [0.1, 0.15) is 44.6 Å². The Kier molecular flexibility index (Phi) is 4.56. The minimum absolute atomic E-state index is 0.198. The van der Waals surface area contributed by atoms with Crippen molar-refractivity contribution in [3.63, 3.8) is 0 Å². The molecule has 1 aromatic rings. The third kappa shape index (κ3) is 3.57. The second-order valence-corrected chi connectivity index (χ2v) is 4.98. The number of rotatable bonds is 5. The van der Waals surface area contributed by atoms with Crippen molar-refractivity contribution in [1.82, 2.24) is 0 Å². The normalized spacial score (nSPS) is 17.0. The third-order valence-electron chi connectivity index (χ3n) is 3.44. The minimum Gasteiger partial charge on any atom is -0.508 e. The largest absolute Gasteiger partial charge is 0.508 e. The van der Waals surface area contributed by atoms with Crippen LogP contribution in [0.4, 0.5) is 0 Å². The van der Waals surface area contributed by atoms with Gasteiger partial charge in [-0.25, -0.2) is 0 Å². The summed E-state index contributed by atoms with van der Waals surface area (Å²) in [5, 5.41) is 9.23. The number of phenolic OH excluding ortho intramolecular Hbond substituents is 1. The van der Waals surface area contributed by atoms with Crippen molar-refractivity contribution in [1.29, 1.82) is 0 Å². The van der Waals surface area contributed by atoms with Crippen LogP contribution in [0.3, 0.4) is 0 Å². The predicted molar refractivity (Wildman–Crippen MR) is 77.9 cm³/mol. The van der Waals surface area contributed by atoms with E-state index in [0.29, 0.717) is 0 Å². The van der Waals surface area contributed by atoms with Crippen molar-refractivity contribution in [2.75, 3.05) is 0 Å². The maximum Gasteiger partial charge on any atom is 0.185 e. The highest BCUT2D eigenvalue weighted by Gasteiger charge is 2.19. The second kappa shape index (κ2) is 6.37. The van der Waals surface area contributed by atoms with Crippen molar-refractivity contribution < 1.29 is 9.90 Å². The zero-order valence-corrected chi connectivity index (χ0v) is 11.4. The molecule has 2 nitrogen and oxygen atoms in total. The first kappa shape index (κ1) is 13.6. The summed E-state index contributed by atoms with van der Waals surface area (Å²) in [4.78, 5) is 12.2. The topological polar surface area (TPSA) is 37.3 Å². The van der Waals surface area contributed by atoms with Crippen LogP contribution < -0.4 is 0 Å². The summed E-state index contributed by atoms with van der Waals surface area (Å²) >= 11 is 0. The molecule has 0 amide bonds. The molecule has 2 heteroatoms. The molecule has 0 heterocycles. The summed E-state index contributed by atoms with van der Waals surface area (Å²) in [5.41, 5.74) is 2.79. The summed E-state index contributed by atoms with van der Waals surface area (Å²) < 4.78 is 0. The molecule has 1 N–H and O–H groups in total. The van der Waals surface area contributed by atoms with Crippen molar-refractivity contribution >= 4 is 11.9 Å². The van der Waals surface area contributed by atoms with Crippen LogP contribution in [0.2, 0.25) is 0 Å². The molecule has 0 unspecified atom stereocenters. The lowest BCUT2D eigenvalue weighted by Gasteiger charge is -2.01. The molecule has 0 radical (unpaired) electrons.